The first-order valence-electron chi connectivity index (χ1n) is 8.39. The van der Waals surface area contributed by atoms with Crippen LogP contribution in [0.5, 0.6) is 0 Å². The highest BCUT2D eigenvalue weighted by Gasteiger charge is 2.23. The Morgan fingerprint density at radius 1 is 1.20 bits per heavy atom. The summed E-state index contributed by atoms with van der Waals surface area (Å²) in [5.74, 6) is 0.256. The van der Waals surface area contributed by atoms with Gasteiger partial charge in [0, 0.05) is 30.7 Å². The van der Waals surface area contributed by atoms with Gasteiger partial charge >= 0.3 is 0 Å². The number of rotatable bonds is 6. The van der Waals surface area contributed by atoms with Gasteiger partial charge in [0.1, 0.15) is 0 Å². The smallest absolute Gasteiger partial charge is 0.257 e. The zero-order valence-corrected chi connectivity index (χ0v) is 14.2. The van der Waals surface area contributed by atoms with Gasteiger partial charge in [-0.3, -0.25) is 14.6 Å². The number of hydrogen-bond acceptors (Lipinski definition) is 3. The molecule has 1 aliphatic carbocycles. The minimum absolute atomic E-state index is 0.0993. The van der Waals surface area contributed by atoms with Gasteiger partial charge in [-0.2, -0.15) is 0 Å². The van der Waals surface area contributed by atoms with E-state index in [4.69, 9.17) is 0 Å². The lowest BCUT2D eigenvalue weighted by Crippen LogP contribution is -2.22. The Labute approximate surface area is 147 Å². The van der Waals surface area contributed by atoms with E-state index in [-0.39, 0.29) is 11.8 Å². The molecule has 1 fully saturated rings. The van der Waals surface area contributed by atoms with E-state index in [9.17, 15) is 9.59 Å². The predicted octanol–water partition coefficient (Wildman–Crippen LogP) is 3.31. The third-order valence-corrected chi connectivity index (χ3v) is 4.22. The molecule has 0 spiro atoms. The molecule has 0 atom stereocenters. The molecule has 0 unspecified atom stereocenters. The van der Waals surface area contributed by atoms with Crippen LogP contribution < -0.4 is 10.6 Å². The second-order valence-corrected chi connectivity index (χ2v) is 6.23. The van der Waals surface area contributed by atoms with E-state index >= 15 is 0 Å². The topological polar surface area (TPSA) is 71.1 Å². The lowest BCUT2D eigenvalue weighted by atomic mass is 10.1. The molecule has 5 nitrogen and oxygen atoms in total. The molecule has 0 saturated heterocycles. The molecule has 1 heterocycles. The van der Waals surface area contributed by atoms with Crippen molar-refractivity contribution >= 4 is 17.5 Å². The zero-order valence-electron chi connectivity index (χ0n) is 14.2. The lowest BCUT2D eigenvalue weighted by Gasteiger charge is -2.11. The van der Waals surface area contributed by atoms with Gasteiger partial charge in [0.15, 0.2) is 0 Å². The Hall–Kier alpha value is -2.95. The molecule has 0 radical (unpaired) electrons. The fourth-order valence-corrected chi connectivity index (χ4v) is 2.58. The number of nitrogens with one attached hydrogen (secondary N) is 2. The Bertz CT molecular complexity index is 796. The van der Waals surface area contributed by atoms with Crippen molar-refractivity contribution in [3.8, 4) is 0 Å². The molecular formula is C20H21N3O2. The number of carbonyl (C=O) groups excluding carboxylic acids is 2. The van der Waals surface area contributed by atoms with Crippen molar-refractivity contribution in [2.24, 2.45) is 5.92 Å². The summed E-state index contributed by atoms with van der Waals surface area (Å²) in [5.41, 5.74) is 3.16. The minimum Gasteiger partial charge on any atom is -0.348 e. The number of carbonyl (C=O) groups is 2. The van der Waals surface area contributed by atoms with E-state index in [1.54, 1.807) is 24.4 Å². The van der Waals surface area contributed by atoms with Crippen LogP contribution in [0, 0.1) is 5.92 Å². The van der Waals surface area contributed by atoms with Gasteiger partial charge in [-0.1, -0.05) is 23.8 Å². The van der Waals surface area contributed by atoms with Gasteiger partial charge in [0.25, 0.3) is 5.91 Å². The van der Waals surface area contributed by atoms with Crippen LogP contribution in [-0.2, 0) is 11.3 Å². The normalized spacial score (nSPS) is 14.0. The number of amides is 2. The number of para-hydroxylation sites is 1. The first-order valence-corrected chi connectivity index (χ1v) is 8.39. The van der Waals surface area contributed by atoms with Crippen molar-refractivity contribution in [2.45, 2.75) is 26.3 Å². The zero-order chi connectivity index (χ0) is 17.6. The largest absolute Gasteiger partial charge is 0.348 e. The molecule has 1 aromatic carbocycles. The summed E-state index contributed by atoms with van der Waals surface area (Å²) in [7, 11) is 0. The monoisotopic (exact) mass is 335 g/mol. The van der Waals surface area contributed by atoms with Gasteiger partial charge < -0.3 is 10.6 Å². The average molecular weight is 335 g/mol. The number of benzene rings is 1. The quantitative estimate of drug-likeness (QED) is 0.796. The van der Waals surface area contributed by atoms with E-state index in [1.165, 1.54) is 19.0 Å². The maximum atomic E-state index is 12.3. The molecule has 128 valence electrons. The highest BCUT2D eigenvalue weighted by molar-refractivity contribution is 6.04. The fourth-order valence-electron chi connectivity index (χ4n) is 2.58. The molecule has 2 amide bonds. The van der Waals surface area contributed by atoms with E-state index in [2.05, 4.69) is 15.6 Å². The summed E-state index contributed by atoms with van der Waals surface area (Å²) < 4.78 is 0. The Balaban J connectivity index is 1.63. The molecule has 25 heavy (non-hydrogen) atoms. The highest BCUT2D eigenvalue weighted by atomic mass is 16.2. The molecule has 5 heteroatoms. The van der Waals surface area contributed by atoms with Crippen molar-refractivity contribution < 1.29 is 9.59 Å². The summed E-state index contributed by atoms with van der Waals surface area (Å²) in [6.07, 6.45) is 7.18. The number of nitrogens with zero attached hydrogens (tertiary/aromatic N) is 1. The molecule has 2 N–H and O–H groups in total. The maximum absolute atomic E-state index is 12.3. The fraction of sp³-hybridized carbons (Fsp3) is 0.250. The van der Waals surface area contributed by atoms with Gasteiger partial charge in [-0.25, -0.2) is 0 Å². The maximum Gasteiger partial charge on any atom is 0.257 e. The summed E-state index contributed by atoms with van der Waals surface area (Å²) >= 11 is 0. The second-order valence-electron chi connectivity index (χ2n) is 6.23. The van der Waals surface area contributed by atoms with Crippen molar-refractivity contribution in [3.63, 3.8) is 0 Å². The minimum atomic E-state index is -0.226. The molecule has 1 aliphatic rings. The molecule has 2 aromatic rings. The van der Waals surface area contributed by atoms with Crippen LogP contribution in [0.25, 0.3) is 0 Å². The third-order valence-electron chi connectivity index (χ3n) is 4.22. The van der Waals surface area contributed by atoms with Gasteiger partial charge in [0.2, 0.25) is 5.91 Å². The first-order chi connectivity index (χ1) is 12.1. The Kier molecular flexibility index (Phi) is 5.23. The molecule has 0 bridgehead atoms. The number of hydrogen-bond donors (Lipinski definition) is 2. The van der Waals surface area contributed by atoms with Crippen LogP contribution in [0.15, 0.2) is 60.4 Å². The molecular weight excluding hydrogens is 314 g/mol. The molecule has 1 aromatic heterocycles. The van der Waals surface area contributed by atoms with Crippen molar-refractivity contribution in [2.75, 3.05) is 5.32 Å². The summed E-state index contributed by atoms with van der Waals surface area (Å²) in [4.78, 5) is 28.3. The first kappa shape index (κ1) is 16.9. The molecule has 0 aliphatic heterocycles. The SMILES string of the molecule is C/C(=C\C(=O)NCc1ccccc1NC(=O)c1cccnc1)C1CC1. The average Bonchev–Trinajstić information content (AvgIpc) is 3.47. The van der Waals surface area contributed by atoms with Crippen LogP contribution in [0.2, 0.25) is 0 Å². The summed E-state index contributed by atoms with van der Waals surface area (Å²) in [6.45, 7) is 2.36. The number of aromatic nitrogens is 1. The highest BCUT2D eigenvalue weighted by Crippen LogP contribution is 2.35. The molecule has 1 saturated carbocycles. The second kappa shape index (κ2) is 7.75. The van der Waals surface area contributed by atoms with Crippen LogP contribution in [0.3, 0.4) is 0 Å². The predicted molar refractivity (Wildman–Crippen MR) is 97.0 cm³/mol. The summed E-state index contributed by atoms with van der Waals surface area (Å²) in [6, 6.07) is 10.9. The van der Waals surface area contributed by atoms with Crippen molar-refractivity contribution in [1.29, 1.82) is 0 Å². The van der Waals surface area contributed by atoms with E-state index in [0.29, 0.717) is 23.7 Å². The van der Waals surface area contributed by atoms with Gasteiger partial charge in [-0.05, 0) is 49.4 Å². The van der Waals surface area contributed by atoms with Crippen LogP contribution in [-0.4, -0.2) is 16.8 Å². The van der Waals surface area contributed by atoms with Crippen molar-refractivity contribution in [3.05, 3.63) is 71.6 Å². The van der Waals surface area contributed by atoms with Crippen molar-refractivity contribution in [1.82, 2.24) is 10.3 Å². The molecule has 3 rings (SSSR count). The number of pyridine rings is 1. The van der Waals surface area contributed by atoms with Crippen LogP contribution in [0.1, 0.15) is 35.7 Å². The van der Waals surface area contributed by atoms with E-state index < -0.39 is 0 Å². The Morgan fingerprint density at radius 3 is 2.72 bits per heavy atom. The van der Waals surface area contributed by atoms with Crippen LogP contribution >= 0.6 is 0 Å². The van der Waals surface area contributed by atoms with E-state index in [0.717, 1.165) is 11.1 Å². The third kappa shape index (κ3) is 4.76. The van der Waals surface area contributed by atoms with E-state index in [1.807, 2.05) is 31.2 Å². The van der Waals surface area contributed by atoms with Gasteiger partial charge in [0.05, 0.1) is 5.56 Å². The summed E-state index contributed by atoms with van der Waals surface area (Å²) in [5, 5.41) is 5.76. The number of anilines is 1. The van der Waals surface area contributed by atoms with Crippen LogP contribution in [0.4, 0.5) is 5.69 Å². The van der Waals surface area contributed by atoms with Gasteiger partial charge in [-0.15, -0.1) is 0 Å². The Morgan fingerprint density at radius 2 is 2.00 bits per heavy atom. The number of allylic oxidation sites excluding steroid dienone is 1. The standard InChI is InChI=1S/C20H21N3O2/c1-14(15-8-9-15)11-19(24)22-13-16-5-2-3-7-18(16)23-20(25)17-6-4-10-21-12-17/h2-7,10-12,15H,8-9,13H2,1H3,(H,22,24)(H,23,25)/b14-11+. The lowest BCUT2D eigenvalue weighted by molar-refractivity contribution is -0.116.